The van der Waals surface area contributed by atoms with Crippen LogP contribution in [0, 0.1) is 4.77 Å². The van der Waals surface area contributed by atoms with Gasteiger partial charge in [-0.2, -0.15) is 5.10 Å². The molecule has 112 valence electrons. The molecule has 1 aromatic rings. The van der Waals surface area contributed by atoms with E-state index in [2.05, 4.69) is 11.2 Å². The largest absolute Gasteiger partial charge is 0.463 e. The van der Waals surface area contributed by atoms with Gasteiger partial charge in [0, 0.05) is 7.05 Å². The van der Waals surface area contributed by atoms with Crippen LogP contribution in [0.3, 0.4) is 0 Å². The highest BCUT2D eigenvalue weighted by Gasteiger charge is 2.28. The lowest BCUT2D eigenvalue weighted by Gasteiger charge is -2.17. The fourth-order valence-electron chi connectivity index (χ4n) is 2.74. The number of hydrogen-bond donors (Lipinski definition) is 0. The average molecular weight is 307 g/mol. The van der Waals surface area contributed by atoms with E-state index in [9.17, 15) is 9.59 Å². The minimum atomic E-state index is -0.254. The third-order valence-corrected chi connectivity index (χ3v) is 4.44. The lowest BCUT2D eigenvalue weighted by molar-refractivity contribution is -0.137. The van der Waals surface area contributed by atoms with E-state index in [1.807, 2.05) is 0 Å². The maximum absolute atomic E-state index is 12.4. The summed E-state index contributed by atoms with van der Waals surface area (Å²) < 4.78 is 8.32. The van der Waals surface area contributed by atoms with E-state index < -0.39 is 0 Å². The highest BCUT2D eigenvalue weighted by atomic mass is 32.1. The molecule has 0 spiro atoms. The maximum Gasteiger partial charge on any atom is 0.308 e. The number of aromatic nitrogens is 3. The van der Waals surface area contributed by atoms with Gasteiger partial charge in [-0.25, -0.2) is 4.68 Å². The normalized spacial score (nSPS) is 22.0. The van der Waals surface area contributed by atoms with Gasteiger partial charge < -0.3 is 4.74 Å². The van der Waals surface area contributed by atoms with Crippen molar-refractivity contribution in [3.63, 3.8) is 0 Å². The lowest BCUT2D eigenvalue weighted by atomic mass is 9.97. The van der Waals surface area contributed by atoms with Gasteiger partial charge in [-0.1, -0.05) is 6.08 Å². The van der Waals surface area contributed by atoms with Gasteiger partial charge >= 0.3 is 5.97 Å². The second-order valence-electron chi connectivity index (χ2n) is 5.46. The zero-order valence-electron chi connectivity index (χ0n) is 11.9. The number of nitrogens with zero attached hydrogens (tertiary/aromatic N) is 3. The molecule has 0 amide bonds. The molecule has 1 aliphatic heterocycles. The predicted octanol–water partition coefficient (Wildman–Crippen LogP) is 1.76. The molecule has 0 N–H and O–H groups in total. The van der Waals surface area contributed by atoms with Crippen molar-refractivity contribution in [1.82, 2.24) is 14.3 Å². The Hall–Kier alpha value is -1.76. The second kappa shape index (κ2) is 5.55. The Kier molecular flexibility index (Phi) is 3.75. The van der Waals surface area contributed by atoms with Crippen LogP contribution in [0.2, 0.25) is 0 Å². The van der Waals surface area contributed by atoms with Gasteiger partial charge in [-0.3, -0.25) is 14.2 Å². The zero-order valence-corrected chi connectivity index (χ0v) is 12.7. The van der Waals surface area contributed by atoms with Crippen molar-refractivity contribution in [3.8, 4) is 0 Å². The average Bonchev–Trinajstić information content (AvgIpc) is 2.92. The summed E-state index contributed by atoms with van der Waals surface area (Å²) in [7, 11) is 1.65. The first kappa shape index (κ1) is 14.2. The number of rotatable bonds is 2. The van der Waals surface area contributed by atoms with E-state index in [0.717, 1.165) is 31.3 Å². The van der Waals surface area contributed by atoms with Gasteiger partial charge in [0.25, 0.3) is 5.56 Å². The minimum absolute atomic E-state index is 0.172. The predicted molar refractivity (Wildman–Crippen MR) is 79.4 cm³/mol. The van der Waals surface area contributed by atoms with Crippen molar-refractivity contribution in [2.75, 3.05) is 6.61 Å². The van der Waals surface area contributed by atoms with Crippen LogP contribution in [-0.2, 0) is 16.6 Å². The van der Waals surface area contributed by atoms with E-state index in [0.29, 0.717) is 10.5 Å². The van der Waals surface area contributed by atoms with Gasteiger partial charge in [0.1, 0.15) is 6.61 Å². The summed E-state index contributed by atoms with van der Waals surface area (Å²) in [5, 5.41) is 4.45. The molecule has 0 bridgehead atoms. The Morgan fingerprint density at radius 1 is 1.38 bits per heavy atom. The minimum Gasteiger partial charge on any atom is -0.463 e. The second-order valence-corrected chi connectivity index (χ2v) is 5.82. The molecular formula is C14H17N3O3S. The first-order valence-electron chi connectivity index (χ1n) is 7.13. The third kappa shape index (κ3) is 2.57. The molecule has 0 saturated carbocycles. The SMILES string of the molecule is Cn1c(=O)c(C2=CCCCC2)nn(C2COC(=O)C2)c1=S. The van der Waals surface area contributed by atoms with Crippen LogP contribution >= 0.6 is 12.2 Å². The summed E-state index contributed by atoms with van der Waals surface area (Å²) in [5.74, 6) is -0.254. The number of ether oxygens (including phenoxy) is 1. The Morgan fingerprint density at radius 3 is 2.81 bits per heavy atom. The quantitative estimate of drug-likeness (QED) is 0.615. The van der Waals surface area contributed by atoms with Gasteiger partial charge in [0.15, 0.2) is 10.5 Å². The fraction of sp³-hybridized carbons (Fsp3) is 0.571. The van der Waals surface area contributed by atoms with Crippen LogP contribution in [0.25, 0.3) is 5.57 Å². The number of cyclic esters (lactones) is 1. The van der Waals surface area contributed by atoms with Crippen molar-refractivity contribution < 1.29 is 9.53 Å². The zero-order chi connectivity index (χ0) is 15.0. The summed E-state index contributed by atoms with van der Waals surface area (Å²) in [6.07, 6.45) is 6.38. The number of carbonyl (C=O) groups is 1. The first-order valence-corrected chi connectivity index (χ1v) is 7.53. The van der Waals surface area contributed by atoms with Gasteiger partial charge in [-0.15, -0.1) is 0 Å². The molecule has 0 radical (unpaired) electrons. The summed E-state index contributed by atoms with van der Waals surface area (Å²) >= 11 is 5.29. The molecule has 3 rings (SSSR count). The standard InChI is InChI=1S/C14H17N3O3S/c1-16-13(19)12(9-5-3-2-4-6-9)15-17(14(16)21)10-7-11(18)20-8-10/h5,10H,2-4,6-8H2,1H3. The number of carbonyl (C=O) groups excluding carboxylic acids is 1. The lowest BCUT2D eigenvalue weighted by Crippen LogP contribution is -2.30. The van der Waals surface area contributed by atoms with Crippen molar-refractivity contribution >= 4 is 23.8 Å². The highest BCUT2D eigenvalue weighted by Crippen LogP contribution is 2.25. The molecule has 7 heteroatoms. The van der Waals surface area contributed by atoms with Gasteiger partial charge in [0.2, 0.25) is 0 Å². The van der Waals surface area contributed by atoms with Crippen LogP contribution in [0.5, 0.6) is 0 Å². The number of allylic oxidation sites excluding steroid dienone is 2. The van der Waals surface area contributed by atoms with Crippen LogP contribution in [-0.4, -0.2) is 26.9 Å². The summed E-state index contributed by atoms with van der Waals surface area (Å²) in [4.78, 5) is 23.7. The monoisotopic (exact) mass is 307 g/mol. The summed E-state index contributed by atoms with van der Waals surface area (Å²) in [6.45, 7) is 0.261. The van der Waals surface area contributed by atoms with Crippen molar-refractivity contribution in [3.05, 3.63) is 26.9 Å². The molecule has 1 atom stereocenters. The molecule has 0 aromatic carbocycles. The van der Waals surface area contributed by atoms with Crippen molar-refractivity contribution in [1.29, 1.82) is 0 Å². The van der Waals surface area contributed by atoms with E-state index in [-0.39, 0.29) is 30.6 Å². The van der Waals surface area contributed by atoms with Crippen LogP contribution in [0.15, 0.2) is 10.9 Å². The Bertz CT molecular complexity index is 732. The summed E-state index contributed by atoms with van der Waals surface area (Å²) in [5.41, 5.74) is 1.26. The molecule has 1 unspecified atom stereocenters. The topological polar surface area (TPSA) is 66.1 Å². The number of esters is 1. The van der Waals surface area contributed by atoms with Crippen molar-refractivity contribution in [2.45, 2.75) is 38.1 Å². The Morgan fingerprint density at radius 2 is 2.19 bits per heavy atom. The Labute approximate surface area is 127 Å². The molecule has 1 aliphatic carbocycles. The molecule has 1 saturated heterocycles. The third-order valence-electron chi connectivity index (χ3n) is 3.98. The summed E-state index contributed by atoms with van der Waals surface area (Å²) in [6, 6.07) is -0.222. The molecular weight excluding hydrogens is 290 g/mol. The van der Waals surface area contributed by atoms with E-state index >= 15 is 0 Å². The molecule has 1 fully saturated rings. The molecule has 6 nitrogen and oxygen atoms in total. The van der Waals surface area contributed by atoms with Crippen molar-refractivity contribution in [2.24, 2.45) is 7.05 Å². The van der Waals surface area contributed by atoms with Gasteiger partial charge in [0.05, 0.1) is 12.5 Å². The molecule has 2 aliphatic rings. The van der Waals surface area contributed by atoms with Gasteiger partial charge in [-0.05, 0) is 43.5 Å². The fourth-order valence-corrected chi connectivity index (χ4v) is 3.01. The van der Waals surface area contributed by atoms with E-state index in [1.54, 1.807) is 11.7 Å². The van der Waals surface area contributed by atoms with Crippen LogP contribution in [0.4, 0.5) is 0 Å². The van der Waals surface area contributed by atoms with E-state index in [1.165, 1.54) is 4.57 Å². The molecule has 21 heavy (non-hydrogen) atoms. The van der Waals surface area contributed by atoms with Crippen LogP contribution in [0.1, 0.15) is 43.8 Å². The van der Waals surface area contributed by atoms with Crippen LogP contribution < -0.4 is 5.56 Å². The molecule has 1 aromatic heterocycles. The van der Waals surface area contributed by atoms with E-state index in [4.69, 9.17) is 17.0 Å². The first-order chi connectivity index (χ1) is 10.1. The molecule has 2 heterocycles. The smallest absolute Gasteiger partial charge is 0.308 e. The maximum atomic E-state index is 12.4. The number of hydrogen-bond acceptors (Lipinski definition) is 5. The highest BCUT2D eigenvalue weighted by molar-refractivity contribution is 7.71. The Balaban J connectivity index is 2.11.